The second kappa shape index (κ2) is 10.1. The normalized spacial score (nSPS) is 15.4. The monoisotopic (exact) mass is 541 g/mol. The van der Waals surface area contributed by atoms with Crippen molar-refractivity contribution in [3.8, 4) is 5.75 Å². The summed E-state index contributed by atoms with van der Waals surface area (Å²) < 4.78 is 31.6. The molecule has 3 aromatic rings. The molecule has 1 aliphatic rings. The van der Waals surface area contributed by atoms with E-state index in [1.807, 2.05) is 12.1 Å². The third-order valence-corrected chi connectivity index (χ3v) is 7.27. The summed E-state index contributed by atoms with van der Waals surface area (Å²) in [6.45, 7) is 6.10. The molecule has 0 unspecified atom stereocenters. The third kappa shape index (κ3) is 6.23. The van der Waals surface area contributed by atoms with Crippen molar-refractivity contribution in [1.29, 1.82) is 0 Å². The SMILES string of the molecule is CC(C)(C)c1ccc(C(=O)Nc2cccc(NC(=O)[C@H]3CN(S(C)(=O)=O)c4cc(Cl)ccc4O3)c2)cc1. The first-order valence-electron chi connectivity index (χ1n) is 11.6. The quantitative estimate of drug-likeness (QED) is 0.470. The van der Waals surface area contributed by atoms with Gasteiger partial charge in [0.25, 0.3) is 11.8 Å². The Morgan fingerprint density at radius 1 is 0.973 bits per heavy atom. The number of nitrogens with one attached hydrogen (secondary N) is 2. The zero-order valence-electron chi connectivity index (χ0n) is 20.9. The molecule has 8 nitrogen and oxygen atoms in total. The highest BCUT2D eigenvalue weighted by Gasteiger charge is 2.35. The van der Waals surface area contributed by atoms with Crippen molar-refractivity contribution in [2.45, 2.75) is 32.3 Å². The van der Waals surface area contributed by atoms with Crippen LogP contribution in [0, 0.1) is 0 Å². The molecule has 1 atom stereocenters. The maximum Gasteiger partial charge on any atom is 0.267 e. The fourth-order valence-corrected chi connectivity index (χ4v) is 4.97. The first-order valence-corrected chi connectivity index (χ1v) is 13.8. The van der Waals surface area contributed by atoms with Gasteiger partial charge in [0.1, 0.15) is 5.75 Å². The van der Waals surface area contributed by atoms with E-state index in [1.165, 1.54) is 12.1 Å². The molecule has 10 heteroatoms. The number of halogens is 1. The van der Waals surface area contributed by atoms with Crippen LogP contribution in [0.15, 0.2) is 66.7 Å². The molecule has 3 aromatic carbocycles. The summed E-state index contributed by atoms with van der Waals surface area (Å²) in [5, 5.41) is 5.92. The molecule has 37 heavy (non-hydrogen) atoms. The molecule has 0 aromatic heterocycles. The number of carbonyl (C=O) groups excluding carboxylic acids is 2. The Morgan fingerprint density at radius 2 is 1.62 bits per heavy atom. The number of sulfonamides is 1. The molecule has 4 rings (SSSR count). The highest BCUT2D eigenvalue weighted by Crippen LogP contribution is 2.37. The van der Waals surface area contributed by atoms with Crippen LogP contribution in [-0.4, -0.2) is 39.1 Å². The molecule has 2 N–H and O–H groups in total. The maximum absolute atomic E-state index is 13.0. The van der Waals surface area contributed by atoms with Crippen molar-refractivity contribution in [2.24, 2.45) is 0 Å². The van der Waals surface area contributed by atoms with E-state index in [0.29, 0.717) is 22.0 Å². The van der Waals surface area contributed by atoms with E-state index >= 15 is 0 Å². The fourth-order valence-electron chi connectivity index (χ4n) is 3.90. The standard InChI is InChI=1S/C27H28ClN3O5S/c1-27(2,3)18-10-8-17(9-11-18)25(32)29-20-6-5-7-21(15-20)30-26(33)24-16-31(37(4,34)35)22-14-19(28)12-13-23(22)36-24/h5-15,24H,16H2,1-4H3,(H,29,32)(H,30,33)/t24-/m1/s1. The van der Waals surface area contributed by atoms with E-state index < -0.39 is 22.0 Å². The molecule has 0 saturated carbocycles. The lowest BCUT2D eigenvalue weighted by atomic mass is 9.87. The molecule has 0 aliphatic carbocycles. The molecule has 2 amide bonds. The Morgan fingerprint density at radius 3 is 2.24 bits per heavy atom. The predicted molar refractivity (Wildman–Crippen MR) is 146 cm³/mol. The lowest BCUT2D eigenvalue weighted by Gasteiger charge is -2.34. The van der Waals surface area contributed by atoms with E-state index in [-0.39, 0.29) is 29.3 Å². The molecule has 1 heterocycles. The summed E-state index contributed by atoms with van der Waals surface area (Å²) in [7, 11) is -3.69. The van der Waals surface area contributed by atoms with Gasteiger partial charge in [-0.1, -0.05) is 50.6 Å². The van der Waals surface area contributed by atoms with Crippen LogP contribution < -0.4 is 19.7 Å². The highest BCUT2D eigenvalue weighted by molar-refractivity contribution is 7.92. The number of fused-ring (bicyclic) bond motifs is 1. The molecular formula is C27H28ClN3O5S. The summed E-state index contributed by atoms with van der Waals surface area (Å²) >= 11 is 6.03. The van der Waals surface area contributed by atoms with Gasteiger partial charge in [0.05, 0.1) is 18.5 Å². The molecule has 0 fully saturated rings. The number of rotatable bonds is 5. The molecular weight excluding hydrogens is 514 g/mol. The van der Waals surface area contributed by atoms with Crippen LogP contribution in [0.3, 0.4) is 0 Å². The van der Waals surface area contributed by atoms with Gasteiger partial charge in [-0.25, -0.2) is 8.42 Å². The minimum absolute atomic E-state index is 0.0168. The predicted octanol–water partition coefficient (Wildman–Crippen LogP) is 5.06. The van der Waals surface area contributed by atoms with Crippen molar-refractivity contribution in [2.75, 3.05) is 27.7 Å². The Balaban J connectivity index is 1.46. The van der Waals surface area contributed by atoms with Gasteiger partial charge in [-0.05, 0) is 59.5 Å². The van der Waals surface area contributed by atoms with Crippen molar-refractivity contribution in [3.05, 3.63) is 82.9 Å². The van der Waals surface area contributed by atoms with Crippen molar-refractivity contribution in [1.82, 2.24) is 0 Å². The molecule has 0 spiro atoms. The van der Waals surface area contributed by atoms with E-state index in [0.717, 1.165) is 16.1 Å². The first-order chi connectivity index (χ1) is 17.3. The lowest BCUT2D eigenvalue weighted by molar-refractivity contribution is -0.122. The molecule has 1 aliphatic heterocycles. The third-order valence-electron chi connectivity index (χ3n) is 5.88. The largest absolute Gasteiger partial charge is 0.476 e. The zero-order chi connectivity index (χ0) is 27.0. The number of benzene rings is 3. The number of nitrogens with zero attached hydrogens (tertiary/aromatic N) is 1. The fraction of sp³-hybridized carbons (Fsp3) is 0.259. The van der Waals surface area contributed by atoms with E-state index in [9.17, 15) is 18.0 Å². The van der Waals surface area contributed by atoms with Crippen LogP contribution in [0.5, 0.6) is 5.75 Å². The van der Waals surface area contributed by atoms with Crippen LogP contribution in [0.1, 0.15) is 36.7 Å². The number of ether oxygens (including phenoxy) is 1. The van der Waals surface area contributed by atoms with Gasteiger partial charge in [0.2, 0.25) is 10.0 Å². The van der Waals surface area contributed by atoms with Gasteiger partial charge >= 0.3 is 0 Å². The Hall–Kier alpha value is -3.56. The number of carbonyl (C=O) groups is 2. The van der Waals surface area contributed by atoms with Gasteiger partial charge in [-0.15, -0.1) is 0 Å². The van der Waals surface area contributed by atoms with Gasteiger partial charge in [0, 0.05) is 22.0 Å². The van der Waals surface area contributed by atoms with Crippen molar-refractivity contribution < 1.29 is 22.7 Å². The number of hydrogen-bond acceptors (Lipinski definition) is 5. The van der Waals surface area contributed by atoms with Gasteiger partial charge in [0.15, 0.2) is 6.10 Å². The summed E-state index contributed by atoms with van der Waals surface area (Å²) in [6.07, 6.45) is -0.0381. The number of anilines is 3. The Kier molecular flexibility index (Phi) is 7.21. The summed E-state index contributed by atoms with van der Waals surface area (Å²) in [5.41, 5.74) is 2.81. The smallest absolute Gasteiger partial charge is 0.267 e. The van der Waals surface area contributed by atoms with Crippen LogP contribution in [-0.2, 0) is 20.2 Å². The van der Waals surface area contributed by atoms with Crippen LogP contribution in [0.4, 0.5) is 17.1 Å². The van der Waals surface area contributed by atoms with E-state index in [2.05, 4.69) is 31.4 Å². The summed E-state index contributed by atoms with van der Waals surface area (Å²) in [6, 6.07) is 18.7. The van der Waals surface area contributed by atoms with Gasteiger partial charge in [-0.3, -0.25) is 13.9 Å². The summed E-state index contributed by atoms with van der Waals surface area (Å²) in [5.74, 6) is -0.575. The highest BCUT2D eigenvalue weighted by atomic mass is 35.5. The average Bonchev–Trinajstić information content (AvgIpc) is 2.82. The van der Waals surface area contributed by atoms with Crippen molar-refractivity contribution >= 4 is 50.5 Å². The number of amides is 2. The average molecular weight is 542 g/mol. The second-order valence-electron chi connectivity index (χ2n) is 9.86. The Labute approximate surface area is 221 Å². The molecule has 0 saturated heterocycles. The molecule has 0 radical (unpaired) electrons. The van der Waals surface area contributed by atoms with Crippen LogP contribution >= 0.6 is 11.6 Å². The van der Waals surface area contributed by atoms with Gasteiger partial charge < -0.3 is 15.4 Å². The minimum Gasteiger partial charge on any atom is -0.476 e. The first kappa shape index (κ1) is 26.5. The zero-order valence-corrected chi connectivity index (χ0v) is 22.5. The molecule has 0 bridgehead atoms. The summed E-state index contributed by atoms with van der Waals surface area (Å²) in [4.78, 5) is 25.8. The lowest BCUT2D eigenvalue weighted by Crippen LogP contribution is -2.48. The van der Waals surface area contributed by atoms with Crippen LogP contribution in [0.2, 0.25) is 5.02 Å². The van der Waals surface area contributed by atoms with E-state index in [1.54, 1.807) is 42.5 Å². The maximum atomic E-state index is 13.0. The van der Waals surface area contributed by atoms with E-state index in [4.69, 9.17) is 16.3 Å². The molecule has 194 valence electrons. The topological polar surface area (TPSA) is 105 Å². The van der Waals surface area contributed by atoms with Crippen LogP contribution in [0.25, 0.3) is 0 Å². The van der Waals surface area contributed by atoms with Gasteiger partial charge in [-0.2, -0.15) is 0 Å². The van der Waals surface area contributed by atoms with Crippen molar-refractivity contribution in [3.63, 3.8) is 0 Å². The Bertz CT molecular complexity index is 1450. The second-order valence-corrected chi connectivity index (χ2v) is 12.2. The minimum atomic E-state index is -3.69. The number of hydrogen-bond donors (Lipinski definition) is 2.